The van der Waals surface area contributed by atoms with Crippen LogP contribution in [-0.2, 0) is 4.74 Å². The molecule has 1 rings (SSSR count). The first-order valence-corrected chi connectivity index (χ1v) is 6.71. The molecular formula is C14H22ClNO. The maximum absolute atomic E-state index is 5.89. The van der Waals surface area contributed by atoms with Crippen molar-refractivity contribution in [3.63, 3.8) is 0 Å². The van der Waals surface area contributed by atoms with Gasteiger partial charge in [-0.1, -0.05) is 44.4 Å². The van der Waals surface area contributed by atoms with Gasteiger partial charge in [-0.2, -0.15) is 0 Å². The lowest BCUT2D eigenvalue weighted by Gasteiger charge is -2.13. The Morgan fingerprint density at radius 1 is 1.29 bits per heavy atom. The van der Waals surface area contributed by atoms with Crippen LogP contribution in [0.5, 0.6) is 0 Å². The standard InChI is InChI=1S/C14H22ClNO/c1-3-12(4-2)11-17-9-8-16-14-7-5-6-13(15)10-14/h5-7,10,12,16H,3-4,8-9,11H2,1-2H3. The van der Waals surface area contributed by atoms with Crippen molar-refractivity contribution in [2.75, 3.05) is 25.1 Å². The molecule has 0 saturated carbocycles. The molecule has 0 aliphatic carbocycles. The van der Waals surface area contributed by atoms with Crippen LogP contribution in [0, 0.1) is 5.92 Å². The average Bonchev–Trinajstić information content (AvgIpc) is 2.34. The van der Waals surface area contributed by atoms with Crippen molar-refractivity contribution in [2.24, 2.45) is 5.92 Å². The van der Waals surface area contributed by atoms with Crippen LogP contribution in [0.1, 0.15) is 26.7 Å². The normalized spacial score (nSPS) is 10.8. The van der Waals surface area contributed by atoms with Gasteiger partial charge >= 0.3 is 0 Å². The molecule has 0 heterocycles. The van der Waals surface area contributed by atoms with Crippen LogP contribution in [0.3, 0.4) is 0 Å². The quantitative estimate of drug-likeness (QED) is 0.703. The van der Waals surface area contributed by atoms with Crippen LogP contribution in [-0.4, -0.2) is 19.8 Å². The molecule has 0 aliphatic rings. The van der Waals surface area contributed by atoms with Gasteiger partial charge in [-0.3, -0.25) is 0 Å². The first-order chi connectivity index (χ1) is 8.26. The molecule has 1 N–H and O–H groups in total. The Kier molecular flexibility index (Phi) is 7.06. The summed E-state index contributed by atoms with van der Waals surface area (Å²) in [6, 6.07) is 7.74. The van der Waals surface area contributed by atoms with Crippen LogP contribution >= 0.6 is 11.6 Å². The van der Waals surface area contributed by atoms with Crippen LogP contribution < -0.4 is 5.32 Å². The summed E-state index contributed by atoms with van der Waals surface area (Å²) >= 11 is 5.89. The molecule has 0 aromatic heterocycles. The smallest absolute Gasteiger partial charge is 0.0639 e. The number of hydrogen-bond acceptors (Lipinski definition) is 2. The van der Waals surface area contributed by atoms with E-state index in [-0.39, 0.29) is 0 Å². The van der Waals surface area contributed by atoms with Crippen molar-refractivity contribution >= 4 is 17.3 Å². The third-order valence-electron chi connectivity index (χ3n) is 2.91. The zero-order valence-electron chi connectivity index (χ0n) is 10.7. The number of rotatable bonds is 8. The highest BCUT2D eigenvalue weighted by molar-refractivity contribution is 6.30. The summed E-state index contributed by atoms with van der Waals surface area (Å²) in [5, 5.41) is 4.04. The molecule has 2 nitrogen and oxygen atoms in total. The summed E-state index contributed by atoms with van der Waals surface area (Å²) in [5.74, 6) is 0.696. The van der Waals surface area contributed by atoms with Crippen LogP contribution in [0.2, 0.25) is 5.02 Å². The van der Waals surface area contributed by atoms with Crippen molar-refractivity contribution in [1.29, 1.82) is 0 Å². The predicted molar refractivity (Wildman–Crippen MR) is 74.8 cm³/mol. The second-order valence-corrected chi connectivity index (χ2v) is 4.63. The number of hydrogen-bond donors (Lipinski definition) is 1. The van der Waals surface area contributed by atoms with Gasteiger partial charge in [-0.15, -0.1) is 0 Å². The molecule has 0 fully saturated rings. The zero-order valence-corrected chi connectivity index (χ0v) is 11.5. The second-order valence-electron chi connectivity index (χ2n) is 4.19. The molecule has 0 amide bonds. The van der Waals surface area contributed by atoms with E-state index in [1.165, 1.54) is 12.8 Å². The Labute approximate surface area is 109 Å². The number of nitrogens with one attached hydrogen (secondary N) is 1. The van der Waals surface area contributed by atoms with Gasteiger partial charge < -0.3 is 10.1 Å². The number of halogens is 1. The van der Waals surface area contributed by atoms with Crippen LogP contribution in [0.25, 0.3) is 0 Å². The zero-order chi connectivity index (χ0) is 12.5. The van der Waals surface area contributed by atoms with Gasteiger partial charge in [-0.25, -0.2) is 0 Å². The first-order valence-electron chi connectivity index (χ1n) is 6.33. The minimum absolute atomic E-state index is 0.696. The van der Waals surface area contributed by atoms with Crippen molar-refractivity contribution in [2.45, 2.75) is 26.7 Å². The summed E-state index contributed by atoms with van der Waals surface area (Å²) in [4.78, 5) is 0. The lowest BCUT2D eigenvalue weighted by molar-refractivity contribution is 0.104. The van der Waals surface area contributed by atoms with Gasteiger partial charge in [0.05, 0.1) is 6.61 Å². The van der Waals surface area contributed by atoms with Gasteiger partial charge in [0.15, 0.2) is 0 Å². The molecular weight excluding hydrogens is 234 g/mol. The highest BCUT2D eigenvalue weighted by atomic mass is 35.5. The molecule has 0 radical (unpaired) electrons. The van der Waals surface area contributed by atoms with E-state index in [1.807, 2.05) is 24.3 Å². The Hall–Kier alpha value is -0.730. The van der Waals surface area contributed by atoms with E-state index in [4.69, 9.17) is 16.3 Å². The maximum atomic E-state index is 5.89. The Morgan fingerprint density at radius 3 is 2.71 bits per heavy atom. The summed E-state index contributed by atoms with van der Waals surface area (Å²) in [7, 11) is 0. The van der Waals surface area contributed by atoms with Gasteiger partial charge in [-0.05, 0) is 24.1 Å². The van der Waals surface area contributed by atoms with Crippen molar-refractivity contribution < 1.29 is 4.74 Å². The molecule has 0 saturated heterocycles. The van der Waals surface area contributed by atoms with E-state index in [0.29, 0.717) is 5.92 Å². The summed E-state index contributed by atoms with van der Waals surface area (Å²) in [5.41, 5.74) is 1.05. The van der Waals surface area contributed by atoms with Crippen LogP contribution in [0.15, 0.2) is 24.3 Å². The minimum atomic E-state index is 0.696. The second kappa shape index (κ2) is 8.37. The average molecular weight is 256 g/mol. The third kappa shape index (κ3) is 5.94. The lowest BCUT2D eigenvalue weighted by Crippen LogP contribution is -2.14. The topological polar surface area (TPSA) is 21.3 Å². The van der Waals surface area contributed by atoms with Gasteiger partial charge in [0.1, 0.15) is 0 Å². The fourth-order valence-corrected chi connectivity index (χ4v) is 1.83. The summed E-state index contributed by atoms with van der Waals surface area (Å²) in [6.07, 6.45) is 2.39. The third-order valence-corrected chi connectivity index (χ3v) is 3.14. The van der Waals surface area contributed by atoms with Gasteiger partial charge in [0, 0.05) is 23.9 Å². The summed E-state index contributed by atoms with van der Waals surface area (Å²) < 4.78 is 5.63. The number of anilines is 1. The monoisotopic (exact) mass is 255 g/mol. The molecule has 0 spiro atoms. The molecule has 0 aliphatic heterocycles. The molecule has 17 heavy (non-hydrogen) atoms. The Morgan fingerprint density at radius 2 is 2.06 bits per heavy atom. The highest BCUT2D eigenvalue weighted by Crippen LogP contribution is 2.14. The summed E-state index contributed by atoms with van der Waals surface area (Å²) in [6.45, 7) is 6.84. The van der Waals surface area contributed by atoms with Crippen LogP contribution in [0.4, 0.5) is 5.69 Å². The van der Waals surface area contributed by atoms with E-state index in [9.17, 15) is 0 Å². The van der Waals surface area contributed by atoms with Crippen molar-refractivity contribution in [1.82, 2.24) is 0 Å². The van der Waals surface area contributed by atoms with E-state index >= 15 is 0 Å². The molecule has 0 bridgehead atoms. The molecule has 96 valence electrons. The van der Waals surface area contributed by atoms with E-state index in [0.717, 1.165) is 30.5 Å². The van der Waals surface area contributed by atoms with E-state index in [2.05, 4.69) is 19.2 Å². The van der Waals surface area contributed by atoms with Gasteiger partial charge in [0.2, 0.25) is 0 Å². The fourth-order valence-electron chi connectivity index (χ4n) is 1.64. The SMILES string of the molecule is CCC(CC)COCCNc1cccc(Cl)c1. The number of ether oxygens (including phenoxy) is 1. The van der Waals surface area contributed by atoms with E-state index < -0.39 is 0 Å². The first kappa shape index (κ1) is 14.3. The molecule has 1 aromatic rings. The fraction of sp³-hybridized carbons (Fsp3) is 0.571. The number of benzene rings is 1. The largest absolute Gasteiger partial charge is 0.383 e. The molecule has 0 unspecified atom stereocenters. The highest BCUT2D eigenvalue weighted by Gasteiger charge is 2.02. The van der Waals surface area contributed by atoms with Crippen molar-refractivity contribution in [3.05, 3.63) is 29.3 Å². The molecule has 3 heteroatoms. The Balaban J connectivity index is 2.12. The van der Waals surface area contributed by atoms with Crippen molar-refractivity contribution in [3.8, 4) is 0 Å². The minimum Gasteiger partial charge on any atom is -0.383 e. The maximum Gasteiger partial charge on any atom is 0.0639 e. The lowest BCUT2D eigenvalue weighted by atomic mass is 10.1. The Bertz CT molecular complexity index is 313. The molecule has 1 aromatic carbocycles. The van der Waals surface area contributed by atoms with E-state index in [1.54, 1.807) is 0 Å². The predicted octanol–water partition coefficient (Wildman–Crippen LogP) is 4.20. The molecule has 0 atom stereocenters. The van der Waals surface area contributed by atoms with Gasteiger partial charge in [0.25, 0.3) is 0 Å².